The van der Waals surface area contributed by atoms with Gasteiger partial charge in [-0.1, -0.05) is 18.2 Å². The maximum absolute atomic E-state index is 12.5. The average Bonchev–Trinajstić information content (AvgIpc) is 2.76. The molecule has 1 nitrogen and oxygen atoms in total. The number of benzene rings is 1. The second kappa shape index (κ2) is 6.41. The normalized spacial score (nSPS) is 11.1. The van der Waals surface area contributed by atoms with Gasteiger partial charge in [-0.25, -0.2) is 8.78 Å². The molecular formula is C13H12BrF2NS. The van der Waals surface area contributed by atoms with E-state index in [1.807, 2.05) is 17.5 Å². The summed E-state index contributed by atoms with van der Waals surface area (Å²) in [6.07, 6.45) is -2.41. The maximum Gasteiger partial charge on any atom is 0.263 e. The number of hydrogen-bond acceptors (Lipinski definition) is 2. The molecule has 0 atom stereocenters. The van der Waals surface area contributed by atoms with E-state index in [2.05, 4.69) is 21.2 Å². The summed E-state index contributed by atoms with van der Waals surface area (Å²) in [6, 6.07) is 8.51. The van der Waals surface area contributed by atoms with Crippen LogP contribution in [0.15, 0.2) is 40.2 Å². The zero-order valence-corrected chi connectivity index (χ0v) is 11.9. The van der Waals surface area contributed by atoms with Crippen LogP contribution in [0.25, 0.3) is 0 Å². The molecule has 96 valence electrons. The van der Waals surface area contributed by atoms with Crippen molar-refractivity contribution in [3.63, 3.8) is 0 Å². The van der Waals surface area contributed by atoms with Crippen LogP contribution in [0.3, 0.4) is 0 Å². The van der Waals surface area contributed by atoms with Crippen LogP contribution < -0.4 is 5.32 Å². The molecule has 5 heteroatoms. The Morgan fingerprint density at radius 1 is 1.22 bits per heavy atom. The zero-order valence-electron chi connectivity index (χ0n) is 9.50. The number of halogens is 3. The molecule has 0 radical (unpaired) electrons. The summed E-state index contributed by atoms with van der Waals surface area (Å²) in [5.74, 6) is 0. The fraction of sp³-hybridized carbons (Fsp3) is 0.231. The van der Waals surface area contributed by atoms with Crippen molar-refractivity contribution in [1.29, 1.82) is 0 Å². The van der Waals surface area contributed by atoms with Gasteiger partial charge in [0.15, 0.2) is 0 Å². The first-order valence-corrected chi connectivity index (χ1v) is 7.13. The van der Waals surface area contributed by atoms with Gasteiger partial charge in [-0.2, -0.15) is 0 Å². The van der Waals surface area contributed by atoms with Crippen molar-refractivity contribution in [2.45, 2.75) is 19.5 Å². The highest BCUT2D eigenvalue weighted by Gasteiger charge is 2.07. The third kappa shape index (κ3) is 3.60. The van der Waals surface area contributed by atoms with Gasteiger partial charge in [0.05, 0.1) is 0 Å². The van der Waals surface area contributed by atoms with Gasteiger partial charge in [0.2, 0.25) is 0 Å². The largest absolute Gasteiger partial charge is 0.308 e. The summed E-state index contributed by atoms with van der Waals surface area (Å²) >= 11 is 5.12. The lowest BCUT2D eigenvalue weighted by Gasteiger charge is -2.06. The lowest BCUT2D eigenvalue weighted by Crippen LogP contribution is -2.12. The quantitative estimate of drug-likeness (QED) is 0.834. The fourth-order valence-corrected chi connectivity index (χ4v) is 3.07. The molecule has 0 aliphatic rings. The van der Waals surface area contributed by atoms with E-state index in [-0.39, 0.29) is 5.56 Å². The van der Waals surface area contributed by atoms with E-state index < -0.39 is 6.43 Å². The van der Waals surface area contributed by atoms with Gasteiger partial charge >= 0.3 is 0 Å². The highest BCUT2D eigenvalue weighted by atomic mass is 79.9. The van der Waals surface area contributed by atoms with E-state index in [9.17, 15) is 8.78 Å². The Kier molecular flexibility index (Phi) is 4.86. The third-order valence-corrected chi connectivity index (χ3v) is 4.44. The minimum absolute atomic E-state index is 0.0756. The van der Waals surface area contributed by atoms with Gasteiger partial charge in [-0.3, -0.25) is 0 Å². The van der Waals surface area contributed by atoms with Crippen LogP contribution in [0.2, 0.25) is 0 Å². The number of alkyl halides is 2. The predicted octanol–water partition coefficient (Wildman–Crippen LogP) is 4.74. The monoisotopic (exact) mass is 331 g/mol. The summed E-state index contributed by atoms with van der Waals surface area (Å²) in [5, 5.41) is 5.26. The topological polar surface area (TPSA) is 12.0 Å². The fourth-order valence-electron chi connectivity index (χ4n) is 1.61. The minimum Gasteiger partial charge on any atom is -0.308 e. The molecule has 0 spiro atoms. The van der Waals surface area contributed by atoms with Crippen molar-refractivity contribution in [3.8, 4) is 0 Å². The Bertz CT molecular complexity index is 513. The molecule has 2 rings (SSSR count). The Balaban J connectivity index is 1.90. The molecule has 0 unspecified atom stereocenters. The van der Waals surface area contributed by atoms with E-state index in [0.717, 1.165) is 16.6 Å². The molecular weight excluding hydrogens is 320 g/mol. The number of thiophene rings is 1. The van der Waals surface area contributed by atoms with Crippen molar-refractivity contribution in [2.75, 3.05) is 0 Å². The lowest BCUT2D eigenvalue weighted by molar-refractivity contribution is 0.151. The molecule has 0 aliphatic carbocycles. The zero-order chi connectivity index (χ0) is 13.0. The Labute approximate surface area is 117 Å². The summed E-state index contributed by atoms with van der Waals surface area (Å²) in [5.41, 5.74) is 0.951. The summed E-state index contributed by atoms with van der Waals surface area (Å²) < 4.78 is 26.1. The van der Waals surface area contributed by atoms with Gasteiger partial charge in [0.1, 0.15) is 0 Å². The van der Waals surface area contributed by atoms with Gasteiger partial charge in [0, 0.05) is 28.0 Å². The van der Waals surface area contributed by atoms with Crippen molar-refractivity contribution in [1.82, 2.24) is 5.32 Å². The molecule has 0 saturated heterocycles. The van der Waals surface area contributed by atoms with E-state index >= 15 is 0 Å². The van der Waals surface area contributed by atoms with Crippen LogP contribution in [-0.2, 0) is 13.1 Å². The van der Waals surface area contributed by atoms with Crippen molar-refractivity contribution in [2.24, 2.45) is 0 Å². The van der Waals surface area contributed by atoms with Crippen LogP contribution in [0, 0.1) is 0 Å². The molecule has 1 aromatic carbocycles. The standard InChI is InChI=1S/C13H12BrF2NS/c14-11-4-5-18-12(11)8-17-7-9-2-1-3-10(6-9)13(15)16/h1-6,13,17H,7-8H2. The minimum atomic E-state index is -2.41. The average molecular weight is 332 g/mol. The van der Waals surface area contributed by atoms with Crippen molar-refractivity contribution in [3.05, 3.63) is 56.2 Å². The first kappa shape index (κ1) is 13.6. The van der Waals surface area contributed by atoms with Gasteiger partial charge in [-0.05, 0) is 39.0 Å². The number of hydrogen-bond donors (Lipinski definition) is 1. The number of rotatable bonds is 5. The Morgan fingerprint density at radius 3 is 2.72 bits per heavy atom. The van der Waals surface area contributed by atoms with Crippen LogP contribution >= 0.6 is 27.3 Å². The van der Waals surface area contributed by atoms with Crippen LogP contribution in [0.1, 0.15) is 22.4 Å². The summed E-state index contributed by atoms with van der Waals surface area (Å²) in [6.45, 7) is 1.32. The summed E-state index contributed by atoms with van der Waals surface area (Å²) in [7, 11) is 0. The first-order valence-electron chi connectivity index (χ1n) is 5.46. The summed E-state index contributed by atoms with van der Waals surface area (Å²) in [4.78, 5) is 1.21. The Morgan fingerprint density at radius 2 is 2.06 bits per heavy atom. The van der Waals surface area contributed by atoms with Gasteiger partial charge < -0.3 is 5.32 Å². The van der Waals surface area contributed by atoms with Gasteiger partial charge in [0.25, 0.3) is 6.43 Å². The first-order chi connectivity index (χ1) is 8.66. The smallest absolute Gasteiger partial charge is 0.263 e. The predicted molar refractivity (Wildman–Crippen MR) is 74.0 cm³/mol. The molecule has 1 heterocycles. The second-order valence-corrected chi connectivity index (χ2v) is 5.70. The van der Waals surface area contributed by atoms with Crippen molar-refractivity contribution >= 4 is 27.3 Å². The molecule has 0 saturated carbocycles. The third-order valence-electron chi connectivity index (χ3n) is 2.51. The molecule has 0 aliphatic heterocycles. The SMILES string of the molecule is FC(F)c1cccc(CNCc2sccc2Br)c1. The van der Waals surface area contributed by atoms with E-state index in [0.29, 0.717) is 6.54 Å². The molecule has 0 amide bonds. The van der Waals surface area contributed by atoms with Crippen molar-refractivity contribution < 1.29 is 8.78 Å². The molecule has 0 bridgehead atoms. The maximum atomic E-state index is 12.5. The molecule has 18 heavy (non-hydrogen) atoms. The second-order valence-electron chi connectivity index (χ2n) is 3.84. The van der Waals surface area contributed by atoms with Crippen LogP contribution in [0.4, 0.5) is 8.78 Å². The van der Waals surface area contributed by atoms with E-state index in [4.69, 9.17) is 0 Å². The molecule has 0 fully saturated rings. The molecule has 1 aromatic heterocycles. The van der Waals surface area contributed by atoms with Crippen LogP contribution in [-0.4, -0.2) is 0 Å². The van der Waals surface area contributed by atoms with Crippen LogP contribution in [0.5, 0.6) is 0 Å². The molecule has 2 aromatic rings. The Hall–Kier alpha value is -0.780. The number of nitrogens with one attached hydrogen (secondary N) is 1. The highest BCUT2D eigenvalue weighted by molar-refractivity contribution is 9.10. The van der Waals surface area contributed by atoms with E-state index in [1.54, 1.807) is 23.5 Å². The van der Waals surface area contributed by atoms with Gasteiger partial charge in [-0.15, -0.1) is 11.3 Å². The van der Waals surface area contributed by atoms with E-state index in [1.165, 1.54) is 10.9 Å². The lowest BCUT2D eigenvalue weighted by atomic mass is 10.1. The molecule has 1 N–H and O–H groups in total. The highest BCUT2D eigenvalue weighted by Crippen LogP contribution is 2.22.